The largest absolute Gasteiger partial charge is 0.477 e. The Morgan fingerprint density at radius 3 is 2.48 bits per heavy atom. The zero-order chi connectivity index (χ0) is 22.9. The molecule has 0 saturated carbocycles. The minimum absolute atomic E-state index is 0.108. The van der Waals surface area contributed by atoms with Crippen molar-refractivity contribution in [2.24, 2.45) is 7.05 Å². The molecule has 0 atom stereocenters. The number of ether oxygens (including phenoxy) is 1. The zero-order valence-corrected chi connectivity index (χ0v) is 18.7. The summed E-state index contributed by atoms with van der Waals surface area (Å²) in [6.45, 7) is 0.108. The molecule has 0 bridgehead atoms. The molecular weight excluding hydrogens is 438 g/mol. The quantitative estimate of drug-likeness (QED) is 0.431. The van der Waals surface area contributed by atoms with Gasteiger partial charge in [0.25, 0.3) is 0 Å². The monoisotopic (exact) mass is 459 g/mol. The van der Waals surface area contributed by atoms with E-state index >= 15 is 0 Å². The van der Waals surface area contributed by atoms with Crippen molar-refractivity contribution >= 4 is 34.1 Å². The molecule has 1 aliphatic carbocycles. The van der Waals surface area contributed by atoms with E-state index in [-0.39, 0.29) is 11.5 Å². The Balaban J connectivity index is 1.63. The Kier molecular flexibility index (Phi) is 5.43. The Hall–Kier alpha value is -3.91. The smallest absolute Gasteiger partial charge is 0.419 e. The highest BCUT2D eigenvalue weighted by Crippen LogP contribution is 2.49. The Bertz CT molecular complexity index is 1330. The van der Waals surface area contributed by atoms with Gasteiger partial charge in [-0.2, -0.15) is 5.10 Å². The van der Waals surface area contributed by atoms with E-state index < -0.39 is 12.1 Å². The number of hydrogen-bond donors (Lipinski definition) is 1. The van der Waals surface area contributed by atoms with E-state index in [4.69, 9.17) is 4.74 Å². The number of aromatic carboxylic acids is 1. The van der Waals surface area contributed by atoms with E-state index in [2.05, 4.69) is 5.10 Å². The summed E-state index contributed by atoms with van der Waals surface area (Å²) in [5.74, 6) is -1.01. The van der Waals surface area contributed by atoms with Crippen LogP contribution in [-0.4, -0.2) is 26.9 Å². The van der Waals surface area contributed by atoms with Crippen LogP contribution in [0, 0.1) is 0 Å². The Labute approximate surface area is 194 Å². The maximum absolute atomic E-state index is 13.4. The molecule has 0 fully saturated rings. The number of fused-ring (bicyclic) bond motifs is 3. The molecule has 2 aromatic heterocycles. The van der Waals surface area contributed by atoms with Gasteiger partial charge in [0.15, 0.2) is 0 Å². The summed E-state index contributed by atoms with van der Waals surface area (Å²) in [4.78, 5) is 27.2. The lowest BCUT2D eigenvalue weighted by Crippen LogP contribution is -2.26. The third-order valence-corrected chi connectivity index (χ3v) is 6.78. The normalized spacial score (nSPS) is 12.0. The second-order valence-electron chi connectivity index (χ2n) is 7.78. The summed E-state index contributed by atoms with van der Waals surface area (Å²) >= 11 is 1.09. The van der Waals surface area contributed by atoms with Crippen molar-refractivity contribution < 1.29 is 19.4 Å². The third-order valence-electron chi connectivity index (χ3n) is 5.57. The van der Waals surface area contributed by atoms with E-state index in [0.717, 1.165) is 22.5 Å². The Morgan fingerprint density at radius 2 is 1.79 bits per heavy atom. The van der Waals surface area contributed by atoms with Gasteiger partial charge in [-0.1, -0.05) is 48.5 Å². The number of aryl methyl sites for hydroxylation is 2. The SMILES string of the molecule is Cn1cc2c(n1)-c1c(N(C(=O)OCc3ccccc3)c3ccccc3)sc(C(=O)O)c1CC2. The molecule has 5 rings (SSSR count). The highest BCUT2D eigenvalue weighted by Gasteiger charge is 2.35. The highest BCUT2D eigenvalue weighted by molar-refractivity contribution is 7.19. The standard InChI is InChI=1S/C25H21N3O4S/c1-27-14-17-12-13-19-20(21(17)26-27)23(33-22(19)24(29)30)28(18-10-6-3-7-11-18)25(31)32-15-16-8-4-2-5-9-16/h2-11,14H,12-13,15H2,1H3,(H,29,30). The number of carboxylic acids is 1. The van der Waals surface area contributed by atoms with Crippen molar-refractivity contribution in [1.82, 2.24) is 9.78 Å². The molecule has 7 nitrogen and oxygen atoms in total. The second kappa shape index (κ2) is 8.55. The molecule has 1 N–H and O–H groups in total. The molecular formula is C25H21N3O4S. The van der Waals surface area contributed by atoms with Crippen LogP contribution in [0.1, 0.15) is 26.4 Å². The number of anilines is 2. The fourth-order valence-corrected chi connectivity index (χ4v) is 5.32. The van der Waals surface area contributed by atoms with Crippen molar-refractivity contribution in [3.8, 4) is 11.3 Å². The zero-order valence-electron chi connectivity index (χ0n) is 17.9. The molecule has 2 aromatic carbocycles. The average Bonchev–Trinajstić information content (AvgIpc) is 3.39. The molecule has 0 radical (unpaired) electrons. The van der Waals surface area contributed by atoms with Crippen molar-refractivity contribution in [1.29, 1.82) is 0 Å². The molecule has 1 amide bonds. The van der Waals surface area contributed by atoms with Crippen molar-refractivity contribution in [2.45, 2.75) is 19.4 Å². The fraction of sp³-hybridized carbons (Fsp3) is 0.160. The molecule has 0 spiro atoms. The van der Waals surface area contributed by atoms with Crippen LogP contribution in [0.3, 0.4) is 0 Å². The predicted octanol–water partition coefficient (Wildman–Crippen LogP) is 5.42. The predicted molar refractivity (Wildman–Crippen MR) is 126 cm³/mol. The van der Waals surface area contributed by atoms with Gasteiger partial charge in [-0.05, 0) is 41.7 Å². The van der Waals surface area contributed by atoms with Crippen LogP contribution in [-0.2, 0) is 31.2 Å². The molecule has 0 saturated heterocycles. The summed E-state index contributed by atoms with van der Waals surface area (Å²) in [7, 11) is 1.84. The molecule has 8 heteroatoms. The number of carbonyl (C=O) groups excluding carboxylic acids is 1. The lowest BCUT2D eigenvalue weighted by molar-refractivity contribution is 0.0701. The number of benzene rings is 2. The molecule has 0 unspecified atom stereocenters. The summed E-state index contributed by atoms with van der Waals surface area (Å²) in [6.07, 6.45) is 2.65. The minimum atomic E-state index is -1.01. The number of para-hydroxylation sites is 1. The van der Waals surface area contributed by atoms with Crippen molar-refractivity contribution in [3.63, 3.8) is 0 Å². The summed E-state index contributed by atoms with van der Waals surface area (Å²) in [5, 5.41) is 15.0. The number of amides is 1. The van der Waals surface area contributed by atoms with Crippen LogP contribution in [0.5, 0.6) is 0 Å². The molecule has 4 aromatic rings. The van der Waals surface area contributed by atoms with Gasteiger partial charge in [0.05, 0.1) is 11.4 Å². The van der Waals surface area contributed by atoms with E-state index in [0.29, 0.717) is 40.4 Å². The molecule has 0 aliphatic heterocycles. The van der Waals surface area contributed by atoms with Gasteiger partial charge in [-0.15, -0.1) is 11.3 Å². The van der Waals surface area contributed by atoms with E-state index in [9.17, 15) is 14.7 Å². The number of nitrogens with zero attached hydrogens (tertiary/aromatic N) is 3. The van der Waals surface area contributed by atoms with Crippen LogP contribution in [0.4, 0.5) is 15.5 Å². The summed E-state index contributed by atoms with van der Waals surface area (Å²) in [6, 6.07) is 18.6. The van der Waals surface area contributed by atoms with Crippen LogP contribution in [0.25, 0.3) is 11.3 Å². The topological polar surface area (TPSA) is 84.7 Å². The lowest BCUT2D eigenvalue weighted by Gasteiger charge is -2.23. The number of carbonyl (C=O) groups is 2. The third kappa shape index (κ3) is 3.89. The maximum Gasteiger partial charge on any atom is 0.419 e. The van der Waals surface area contributed by atoms with Gasteiger partial charge in [-0.3, -0.25) is 4.68 Å². The van der Waals surface area contributed by atoms with Gasteiger partial charge in [0.2, 0.25) is 0 Å². The average molecular weight is 460 g/mol. The fourth-order valence-electron chi connectivity index (χ4n) is 4.12. The number of thiophene rings is 1. The molecule has 166 valence electrons. The van der Waals surface area contributed by atoms with Crippen LogP contribution >= 0.6 is 11.3 Å². The van der Waals surface area contributed by atoms with Gasteiger partial charge in [0, 0.05) is 18.8 Å². The summed E-state index contributed by atoms with van der Waals surface area (Å²) < 4.78 is 7.40. The first-order chi connectivity index (χ1) is 16.0. The van der Waals surface area contributed by atoms with Crippen molar-refractivity contribution in [3.05, 3.63) is 88.4 Å². The maximum atomic E-state index is 13.4. The van der Waals surface area contributed by atoms with Crippen LogP contribution in [0.2, 0.25) is 0 Å². The second-order valence-corrected chi connectivity index (χ2v) is 8.78. The van der Waals surface area contributed by atoms with E-state index in [1.165, 1.54) is 4.90 Å². The number of hydrogen-bond acceptors (Lipinski definition) is 5. The van der Waals surface area contributed by atoms with Gasteiger partial charge in [0.1, 0.15) is 16.5 Å². The van der Waals surface area contributed by atoms with Gasteiger partial charge in [-0.25, -0.2) is 14.5 Å². The molecule has 33 heavy (non-hydrogen) atoms. The van der Waals surface area contributed by atoms with Crippen LogP contribution < -0.4 is 4.90 Å². The number of carboxylic acid groups (broad SMARTS) is 1. The summed E-state index contributed by atoms with van der Waals surface area (Å²) in [5.41, 5.74) is 4.62. The highest BCUT2D eigenvalue weighted by atomic mass is 32.1. The lowest BCUT2D eigenvalue weighted by atomic mass is 9.91. The number of rotatable bonds is 5. The number of aromatic nitrogens is 2. The van der Waals surface area contributed by atoms with Gasteiger partial charge < -0.3 is 9.84 Å². The Morgan fingerprint density at radius 1 is 1.09 bits per heavy atom. The molecule has 2 heterocycles. The van der Waals surface area contributed by atoms with Crippen LogP contribution in [0.15, 0.2) is 66.9 Å². The van der Waals surface area contributed by atoms with Gasteiger partial charge >= 0.3 is 12.1 Å². The first-order valence-corrected chi connectivity index (χ1v) is 11.3. The van der Waals surface area contributed by atoms with E-state index in [1.54, 1.807) is 16.8 Å². The molecule has 1 aliphatic rings. The first-order valence-electron chi connectivity index (χ1n) is 10.5. The minimum Gasteiger partial charge on any atom is -0.477 e. The first kappa shape index (κ1) is 21.0. The van der Waals surface area contributed by atoms with Crippen molar-refractivity contribution in [2.75, 3.05) is 4.90 Å². The van der Waals surface area contributed by atoms with E-state index in [1.807, 2.05) is 61.8 Å².